The van der Waals surface area contributed by atoms with Crippen LogP contribution in [0.25, 0.3) is 22.1 Å². The fraction of sp³-hybridized carbons (Fsp3) is 0.385. The van der Waals surface area contributed by atoms with E-state index in [-0.39, 0.29) is 34.7 Å². The third-order valence-electron chi connectivity index (χ3n) is 6.10. The number of methoxy groups -OCH3 is 1. The minimum absolute atomic E-state index is 0.0379. The maximum absolute atomic E-state index is 13.6. The molecule has 1 saturated heterocycles. The number of piperidine rings is 1. The van der Waals surface area contributed by atoms with Gasteiger partial charge in [-0.05, 0) is 62.1 Å². The average Bonchev–Trinajstić information content (AvgIpc) is 2.81. The number of carbonyl (C=O) groups is 1. The quantitative estimate of drug-likeness (QED) is 0.549. The molecule has 1 atom stereocenters. The number of aromatic hydroxyl groups is 1. The summed E-state index contributed by atoms with van der Waals surface area (Å²) in [4.78, 5) is 28.7. The van der Waals surface area contributed by atoms with Crippen molar-refractivity contribution < 1.29 is 23.8 Å². The Kier molecular flexibility index (Phi) is 6.70. The number of likely N-dealkylation sites (tertiary alicyclic amines) is 1. The molecule has 0 radical (unpaired) electrons. The highest BCUT2D eigenvalue weighted by Gasteiger charge is 2.26. The molecule has 33 heavy (non-hydrogen) atoms. The standard InChI is InChI=1S/C26H29NO6/c1-4-32-26(30)25-22(17-7-9-18(31-3)10-8-17)23(29)19-11-12-21(28)20(24(19)33-25)15-27-13-5-6-16(2)14-27/h7-12,16,28H,4-6,13-15H2,1-3H3. The largest absolute Gasteiger partial charge is 0.507 e. The Bertz CT molecular complexity index is 1210. The first-order valence-electron chi connectivity index (χ1n) is 11.3. The van der Waals surface area contributed by atoms with E-state index in [0.29, 0.717) is 34.7 Å². The van der Waals surface area contributed by atoms with Gasteiger partial charge >= 0.3 is 5.97 Å². The van der Waals surface area contributed by atoms with Gasteiger partial charge in [0, 0.05) is 13.1 Å². The molecule has 1 N–H and O–H groups in total. The van der Waals surface area contributed by atoms with E-state index < -0.39 is 5.97 Å². The van der Waals surface area contributed by atoms with Gasteiger partial charge in [0.2, 0.25) is 11.2 Å². The van der Waals surface area contributed by atoms with Crippen LogP contribution in [0.3, 0.4) is 0 Å². The molecule has 174 valence electrons. The van der Waals surface area contributed by atoms with Crippen molar-refractivity contribution in [1.29, 1.82) is 0 Å². The Balaban J connectivity index is 1.90. The predicted octanol–water partition coefficient (Wildman–Crippen LogP) is 4.58. The van der Waals surface area contributed by atoms with Crippen molar-refractivity contribution >= 4 is 16.9 Å². The zero-order chi connectivity index (χ0) is 23.5. The van der Waals surface area contributed by atoms with E-state index in [1.54, 1.807) is 44.4 Å². The number of fused-ring (bicyclic) bond motifs is 1. The number of ether oxygens (including phenoxy) is 2. The van der Waals surface area contributed by atoms with Gasteiger partial charge in [-0.25, -0.2) is 4.79 Å². The van der Waals surface area contributed by atoms with Gasteiger partial charge in [0.05, 0.1) is 30.2 Å². The van der Waals surface area contributed by atoms with Crippen molar-refractivity contribution in [2.24, 2.45) is 5.92 Å². The second-order valence-electron chi connectivity index (χ2n) is 8.51. The van der Waals surface area contributed by atoms with Crippen molar-refractivity contribution in [2.75, 3.05) is 26.8 Å². The Morgan fingerprint density at radius 2 is 1.97 bits per heavy atom. The van der Waals surface area contributed by atoms with Crippen LogP contribution in [-0.4, -0.2) is 42.8 Å². The van der Waals surface area contributed by atoms with Crippen LogP contribution < -0.4 is 10.2 Å². The van der Waals surface area contributed by atoms with Crippen LogP contribution in [0.1, 0.15) is 42.8 Å². The number of hydrogen-bond acceptors (Lipinski definition) is 7. The van der Waals surface area contributed by atoms with Crippen LogP contribution in [-0.2, 0) is 11.3 Å². The van der Waals surface area contributed by atoms with Gasteiger partial charge in [-0.1, -0.05) is 19.1 Å². The maximum Gasteiger partial charge on any atom is 0.375 e. The van der Waals surface area contributed by atoms with Crippen molar-refractivity contribution in [3.05, 3.63) is 57.9 Å². The molecule has 7 heteroatoms. The molecule has 1 aliphatic rings. The van der Waals surface area contributed by atoms with Crippen molar-refractivity contribution in [2.45, 2.75) is 33.2 Å². The number of nitrogens with zero attached hydrogens (tertiary/aromatic N) is 1. The topological polar surface area (TPSA) is 89.2 Å². The fourth-order valence-electron chi connectivity index (χ4n) is 4.47. The average molecular weight is 452 g/mol. The molecule has 1 aromatic heterocycles. The van der Waals surface area contributed by atoms with Crippen LogP contribution in [0, 0.1) is 5.92 Å². The Morgan fingerprint density at radius 3 is 2.64 bits per heavy atom. The highest BCUT2D eigenvalue weighted by molar-refractivity contribution is 5.98. The fourth-order valence-corrected chi connectivity index (χ4v) is 4.47. The van der Waals surface area contributed by atoms with E-state index in [1.807, 2.05) is 0 Å². The van der Waals surface area contributed by atoms with Crippen LogP contribution in [0.4, 0.5) is 0 Å². The van der Waals surface area contributed by atoms with Gasteiger partial charge in [-0.15, -0.1) is 0 Å². The third-order valence-corrected chi connectivity index (χ3v) is 6.10. The summed E-state index contributed by atoms with van der Waals surface area (Å²) in [5.41, 5.74) is 1.03. The molecule has 4 rings (SSSR count). The third kappa shape index (κ3) is 4.59. The Morgan fingerprint density at radius 1 is 1.21 bits per heavy atom. The van der Waals surface area contributed by atoms with Crippen molar-refractivity contribution in [3.8, 4) is 22.6 Å². The SMILES string of the molecule is CCOC(=O)c1oc2c(CN3CCCC(C)C3)c(O)ccc2c(=O)c1-c1ccc(OC)cc1. The number of esters is 1. The second-order valence-corrected chi connectivity index (χ2v) is 8.51. The molecule has 1 unspecified atom stereocenters. The molecular weight excluding hydrogens is 422 g/mol. The summed E-state index contributed by atoms with van der Waals surface area (Å²) in [6.07, 6.45) is 2.25. The normalized spacial score (nSPS) is 16.6. The minimum Gasteiger partial charge on any atom is -0.507 e. The Labute approximate surface area is 192 Å². The van der Waals surface area contributed by atoms with E-state index in [9.17, 15) is 14.7 Å². The predicted molar refractivity (Wildman–Crippen MR) is 126 cm³/mol. The highest BCUT2D eigenvalue weighted by Crippen LogP contribution is 2.33. The smallest absolute Gasteiger partial charge is 0.375 e. The summed E-state index contributed by atoms with van der Waals surface area (Å²) in [7, 11) is 1.56. The number of benzene rings is 2. The summed E-state index contributed by atoms with van der Waals surface area (Å²) in [5, 5.41) is 11.0. The number of phenolic OH excluding ortho intramolecular Hbond substituents is 1. The van der Waals surface area contributed by atoms with Gasteiger partial charge in [-0.2, -0.15) is 0 Å². The lowest BCUT2D eigenvalue weighted by Crippen LogP contribution is -2.33. The van der Waals surface area contributed by atoms with Gasteiger partial charge in [-0.3, -0.25) is 9.69 Å². The minimum atomic E-state index is -0.719. The van der Waals surface area contributed by atoms with Crippen molar-refractivity contribution in [1.82, 2.24) is 4.90 Å². The molecule has 0 aliphatic carbocycles. The van der Waals surface area contributed by atoms with Crippen LogP contribution >= 0.6 is 0 Å². The van der Waals surface area contributed by atoms with Crippen LogP contribution in [0.2, 0.25) is 0 Å². The molecular formula is C26H29NO6. The molecule has 0 saturated carbocycles. The summed E-state index contributed by atoms with van der Waals surface area (Å²) < 4.78 is 16.5. The van der Waals surface area contributed by atoms with E-state index in [0.717, 1.165) is 19.5 Å². The molecule has 0 amide bonds. The lowest BCUT2D eigenvalue weighted by Gasteiger charge is -2.31. The molecule has 0 bridgehead atoms. The first-order valence-corrected chi connectivity index (χ1v) is 11.3. The molecule has 2 heterocycles. The van der Waals surface area contributed by atoms with Gasteiger partial charge in [0.15, 0.2) is 0 Å². The molecule has 3 aromatic rings. The molecule has 1 aliphatic heterocycles. The van der Waals surface area contributed by atoms with Crippen LogP contribution in [0.5, 0.6) is 11.5 Å². The summed E-state index contributed by atoms with van der Waals surface area (Å²) >= 11 is 0. The maximum atomic E-state index is 13.6. The second kappa shape index (κ2) is 9.67. The lowest BCUT2D eigenvalue weighted by molar-refractivity contribution is 0.0492. The van der Waals surface area contributed by atoms with Crippen LogP contribution in [0.15, 0.2) is 45.6 Å². The summed E-state index contributed by atoms with van der Waals surface area (Å²) in [6.45, 7) is 6.27. The van der Waals surface area contributed by atoms with E-state index in [4.69, 9.17) is 13.9 Å². The zero-order valence-electron chi connectivity index (χ0n) is 19.2. The van der Waals surface area contributed by atoms with Gasteiger partial charge in [0.25, 0.3) is 0 Å². The van der Waals surface area contributed by atoms with E-state index in [1.165, 1.54) is 12.5 Å². The number of hydrogen-bond donors (Lipinski definition) is 1. The Hall–Kier alpha value is -3.32. The summed E-state index contributed by atoms with van der Waals surface area (Å²) in [5.74, 6) is 0.335. The monoisotopic (exact) mass is 451 g/mol. The van der Waals surface area contributed by atoms with Gasteiger partial charge in [0.1, 0.15) is 17.1 Å². The highest BCUT2D eigenvalue weighted by atomic mass is 16.5. The molecule has 1 fully saturated rings. The van der Waals surface area contributed by atoms with Gasteiger partial charge < -0.3 is 19.0 Å². The first kappa shape index (κ1) is 22.9. The van der Waals surface area contributed by atoms with E-state index in [2.05, 4.69) is 11.8 Å². The summed E-state index contributed by atoms with van der Waals surface area (Å²) in [6, 6.07) is 9.90. The first-order chi connectivity index (χ1) is 15.9. The number of phenols is 1. The lowest BCUT2D eigenvalue weighted by atomic mass is 9.98. The molecule has 0 spiro atoms. The number of rotatable bonds is 6. The molecule has 2 aromatic carbocycles. The van der Waals surface area contributed by atoms with Crippen molar-refractivity contribution in [3.63, 3.8) is 0 Å². The zero-order valence-corrected chi connectivity index (χ0v) is 19.2. The van der Waals surface area contributed by atoms with E-state index >= 15 is 0 Å². The molecule has 7 nitrogen and oxygen atoms in total. The number of carbonyl (C=O) groups excluding carboxylic acids is 1.